The van der Waals surface area contributed by atoms with Gasteiger partial charge in [0.1, 0.15) is 5.69 Å². The summed E-state index contributed by atoms with van der Waals surface area (Å²) < 4.78 is 27.4. The largest absolute Gasteiger partial charge is 0.366 e. The summed E-state index contributed by atoms with van der Waals surface area (Å²) in [6.07, 6.45) is 3.00. The number of anilines is 1. The van der Waals surface area contributed by atoms with Crippen molar-refractivity contribution < 1.29 is 13.3 Å². The van der Waals surface area contributed by atoms with Crippen LogP contribution >= 0.6 is 0 Å². The van der Waals surface area contributed by atoms with E-state index >= 15 is 0 Å². The Balaban J connectivity index is 1.96. The highest BCUT2D eigenvalue weighted by molar-refractivity contribution is 7.89. The lowest BCUT2D eigenvalue weighted by Gasteiger charge is -2.34. The predicted octanol–water partition coefficient (Wildman–Crippen LogP) is 2.86. The first kappa shape index (κ1) is 18.1. The first-order chi connectivity index (χ1) is 11.8. The van der Waals surface area contributed by atoms with Crippen molar-refractivity contribution in [2.24, 2.45) is 11.8 Å². The smallest absolute Gasteiger partial charge is 0.293 e. The van der Waals surface area contributed by atoms with Crippen LogP contribution in [0.1, 0.15) is 33.1 Å². The van der Waals surface area contributed by atoms with Gasteiger partial charge >= 0.3 is 0 Å². The van der Waals surface area contributed by atoms with Crippen molar-refractivity contribution in [1.29, 1.82) is 0 Å². The lowest BCUT2D eigenvalue weighted by atomic mass is 9.94. The Kier molecular flexibility index (Phi) is 5.02. The van der Waals surface area contributed by atoms with Gasteiger partial charge in [0, 0.05) is 32.2 Å². The number of piperidine rings is 1. The molecule has 1 aromatic rings. The lowest BCUT2D eigenvalue weighted by Crippen LogP contribution is -2.42. The van der Waals surface area contributed by atoms with Gasteiger partial charge in [0.05, 0.1) is 9.82 Å². The number of nitro benzene ring substituents is 1. The number of nitro groups is 1. The lowest BCUT2D eigenvalue weighted by molar-refractivity contribution is -0.384. The normalized spacial score (nSPS) is 25.3. The third-order valence-electron chi connectivity index (χ3n) is 5.06. The summed E-state index contributed by atoms with van der Waals surface area (Å²) in [4.78, 5) is 13.0. The fourth-order valence-corrected chi connectivity index (χ4v) is 5.69. The third-order valence-corrected chi connectivity index (χ3v) is 6.89. The molecule has 0 aliphatic carbocycles. The first-order valence-corrected chi connectivity index (χ1v) is 10.3. The molecule has 2 aliphatic heterocycles. The van der Waals surface area contributed by atoms with E-state index in [1.165, 1.54) is 16.4 Å². The molecule has 0 aromatic heterocycles. The van der Waals surface area contributed by atoms with E-state index < -0.39 is 14.9 Å². The number of rotatable bonds is 4. The minimum atomic E-state index is -3.71. The second-order valence-electron chi connectivity index (χ2n) is 7.37. The average molecular weight is 367 g/mol. The van der Waals surface area contributed by atoms with E-state index in [0.29, 0.717) is 18.8 Å². The molecule has 0 bridgehead atoms. The molecule has 2 heterocycles. The summed E-state index contributed by atoms with van der Waals surface area (Å²) >= 11 is 0. The quantitative estimate of drug-likeness (QED) is 0.603. The Labute approximate surface area is 148 Å². The molecule has 0 N–H and O–H groups in total. The standard InChI is InChI=1S/C17H25N3O4S/c1-13-9-14(2)12-19(11-13)25(23,24)15-5-6-16(17(10-15)20(21)22)18-7-3-4-8-18/h5-6,10,13-14H,3-4,7-9,11-12H2,1-2H3. The van der Waals surface area contributed by atoms with E-state index in [0.717, 1.165) is 32.4 Å². The Morgan fingerprint density at radius 2 is 1.72 bits per heavy atom. The summed E-state index contributed by atoms with van der Waals surface area (Å²) in [5, 5.41) is 11.5. The molecule has 0 radical (unpaired) electrons. The fraction of sp³-hybridized carbons (Fsp3) is 0.647. The van der Waals surface area contributed by atoms with Crippen LogP contribution in [0.25, 0.3) is 0 Å². The third kappa shape index (κ3) is 3.64. The van der Waals surface area contributed by atoms with Gasteiger partial charge in [-0.15, -0.1) is 0 Å². The highest BCUT2D eigenvalue weighted by Crippen LogP contribution is 2.34. The molecule has 2 atom stereocenters. The summed E-state index contributed by atoms with van der Waals surface area (Å²) in [7, 11) is -3.71. The van der Waals surface area contributed by atoms with E-state index in [1.54, 1.807) is 6.07 Å². The summed E-state index contributed by atoms with van der Waals surface area (Å²) in [5.74, 6) is 0.578. The maximum absolute atomic E-state index is 13.0. The summed E-state index contributed by atoms with van der Waals surface area (Å²) in [6, 6.07) is 4.33. The topological polar surface area (TPSA) is 83.8 Å². The van der Waals surface area contributed by atoms with Crippen molar-refractivity contribution in [3.63, 3.8) is 0 Å². The molecule has 1 aromatic carbocycles. The maximum atomic E-state index is 13.0. The first-order valence-electron chi connectivity index (χ1n) is 8.82. The van der Waals surface area contributed by atoms with Gasteiger partial charge < -0.3 is 4.90 Å². The number of sulfonamides is 1. The molecule has 2 unspecified atom stereocenters. The van der Waals surface area contributed by atoms with Gasteiger partial charge in [-0.1, -0.05) is 13.8 Å². The molecule has 0 amide bonds. The number of benzene rings is 1. The van der Waals surface area contributed by atoms with Crippen molar-refractivity contribution in [2.45, 2.75) is 38.0 Å². The van der Waals surface area contributed by atoms with Crippen LogP contribution in [0, 0.1) is 22.0 Å². The van der Waals surface area contributed by atoms with Crippen LogP contribution in [0.3, 0.4) is 0 Å². The van der Waals surface area contributed by atoms with Gasteiger partial charge in [-0.2, -0.15) is 4.31 Å². The molecule has 3 rings (SSSR count). The van der Waals surface area contributed by atoms with E-state index in [9.17, 15) is 18.5 Å². The van der Waals surface area contributed by atoms with Crippen LogP contribution in [-0.4, -0.2) is 43.8 Å². The molecule has 138 valence electrons. The number of hydrogen-bond acceptors (Lipinski definition) is 5. The monoisotopic (exact) mass is 367 g/mol. The molecule has 0 saturated carbocycles. The van der Waals surface area contributed by atoms with Crippen molar-refractivity contribution in [3.8, 4) is 0 Å². The van der Waals surface area contributed by atoms with Crippen LogP contribution < -0.4 is 4.90 Å². The zero-order chi connectivity index (χ0) is 18.2. The minimum absolute atomic E-state index is 0.0171. The van der Waals surface area contributed by atoms with E-state index in [1.807, 2.05) is 18.7 Å². The van der Waals surface area contributed by atoms with Gasteiger partial charge in [0.2, 0.25) is 10.0 Å². The van der Waals surface area contributed by atoms with Crippen LogP contribution in [0.4, 0.5) is 11.4 Å². The molecular weight excluding hydrogens is 342 g/mol. The highest BCUT2D eigenvalue weighted by atomic mass is 32.2. The van der Waals surface area contributed by atoms with Crippen LogP contribution in [0.5, 0.6) is 0 Å². The SMILES string of the molecule is CC1CC(C)CN(S(=O)(=O)c2ccc(N3CCCC3)c([N+](=O)[O-])c2)C1. The van der Waals surface area contributed by atoms with Crippen LogP contribution in [-0.2, 0) is 10.0 Å². The maximum Gasteiger partial charge on any atom is 0.293 e. The second-order valence-corrected chi connectivity index (χ2v) is 9.31. The van der Waals surface area contributed by atoms with Gasteiger partial charge in [-0.3, -0.25) is 10.1 Å². The van der Waals surface area contributed by atoms with Gasteiger partial charge in [-0.05, 0) is 43.2 Å². The molecule has 2 saturated heterocycles. The molecule has 2 aliphatic rings. The van der Waals surface area contributed by atoms with Gasteiger partial charge in [0.15, 0.2) is 0 Å². The Bertz CT molecular complexity index is 749. The highest BCUT2D eigenvalue weighted by Gasteiger charge is 2.33. The fourth-order valence-electron chi connectivity index (χ4n) is 3.99. The van der Waals surface area contributed by atoms with Crippen LogP contribution in [0.2, 0.25) is 0 Å². The van der Waals surface area contributed by atoms with Crippen LogP contribution in [0.15, 0.2) is 23.1 Å². The molecule has 0 spiro atoms. The minimum Gasteiger partial charge on any atom is -0.366 e. The Hall–Kier alpha value is -1.67. The Morgan fingerprint density at radius 3 is 2.28 bits per heavy atom. The van der Waals surface area contributed by atoms with Crippen molar-refractivity contribution in [3.05, 3.63) is 28.3 Å². The second kappa shape index (κ2) is 6.92. The van der Waals surface area contributed by atoms with Crippen molar-refractivity contribution >= 4 is 21.4 Å². The molecule has 7 nitrogen and oxygen atoms in total. The summed E-state index contributed by atoms with van der Waals surface area (Å²) in [5.41, 5.74) is 0.392. The average Bonchev–Trinajstić information content (AvgIpc) is 3.07. The predicted molar refractivity (Wildman–Crippen MR) is 96.2 cm³/mol. The molecule has 2 fully saturated rings. The van der Waals surface area contributed by atoms with Gasteiger partial charge in [0.25, 0.3) is 5.69 Å². The van der Waals surface area contributed by atoms with Gasteiger partial charge in [-0.25, -0.2) is 8.42 Å². The van der Waals surface area contributed by atoms with Crippen molar-refractivity contribution in [2.75, 3.05) is 31.1 Å². The van der Waals surface area contributed by atoms with E-state index in [4.69, 9.17) is 0 Å². The molecular formula is C17H25N3O4S. The molecule has 8 heteroatoms. The zero-order valence-electron chi connectivity index (χ0n) is 14.7. The van der Waals surface area contributed by atoms with E-state index in [2.05, 4.69) is 0 Å². The van der Waals surface area contributed by atoms with Crippen molar-refractivity contribution in [1.82, 2.24) is 4.31 Å². The number of hydrogen-bond donors (Lipinski definition) is 0. The zero-order valence-corrected chi connectivity index (χ0v) is 15.5. The number of nitrogens with zero attached hydrogens (tertiary/aromatic N) is 3. The van der Waals surface area contributed by atoms with E-state index in [-0.39, 0.29) is 22.4 Å². The Morgan fingerprint density at radius 1 is 1.12 bits per heavy atom. The summed E-state index contributed by atoms with van der Waals surface area (Å²) in [6.45, 7) is 6.55. The molecule has 25 heavy (non-hydrogen) atoms.